The number of methoxy groups -OCH3 is 1. The maximum atomic E-state index is 12.8. The summed E-state index contributed by atoms with van der Waals surface area (Å²) in [4.78, 5) is 25.3. The summed E-state index contributed by atoms with van der Waals surface area (Å²) in [6, 6.07) is 13.4. The third-order valence-electron chi connectivity index (χ3n) is 7.86. The summed E-state index contributed by atoms with van der Waals surface area (Å²) < 4.78 is 18.5. The Hall–Kier alpha value is -3.29. The van der Waals surface area contributed by atoms with Crippen LogP contribution in [0.5, 0.6) is 5.75 Å². The Bertz CT molecular complexity index is 1440. The van der Waals surface area contributed by atoms with E-state index < -0.39 is 7.14 Å². The zero-order valence-electron chi connectivity index (χ0n) is 22.7. The third kappa shape index (κ3) is 5.56. The number of carbonyl (C=O) groups excluding carboxylic acids is 1. The first-order valence-electron chi connectivity index (χ1n) is 13.0. The van der Waals surface area contributed by atoms with Crippen LogP contribution in [-0.2, 0) is 9.36 Å². The third-order valence-corrected chi connectivity index (χ3v) is 9.69. The van der Waals surface area contributed by atoms with Crippen molar-refractivity contribution in [3.8, 4) is 5.75 Å². The Morgan fingerprint density at radius 2 is 1.79 bits per heavy atom. The number of likely N-dealkylation sites (tertiary alicyclic amines) is 1. The molecule has 3 heterocycles. The molecule has 5 rings (SSSR count). The lowest BCUT2D eigenvalue weighted by Crippen LogP contribution is -2.51. The van der Waals surface area contributed by atoms with E-state index in [2.05, 4.69) is 31.6 Å². The molecule has 1 amide bonds. The van der Waals surface area contributed by atoms with Crippen LogP contribution in [0.15, 0.2) is 48.7 Å². The van der Waals surface area contributed by atoms with E-state index in [1.807, 2.05) is 48.3 Å². The molecule has 2 saturated heterocycles. The van der Waals surface area contributed by atoms with E-state index in [-0.39, 0.29) is 11.4 Å². The first-order chi connectivity index (χ1) is 18.6. The van der Waals surface area contributed by atoms with Gasteiger partial charge in [0.15, 0.2) is 5.82 Å². The number of aromatic nitrogens is 2. The lowest BCUT2D eigenvalue weighted by Gasteiger charge is -2.44. The van der Waals surface area contributed by atoms with Gasteiger partial charge >= 0.3 is 0 Å². The summed E-state index contributed by atoms with van der Waals surface area (Å²) >= 11 is 6.41. The molecule has 39 heavy (non-hydrogen) atoms. The molecule has 1 spiro atoms. The lowest BCUT2D eigenvalue weighted by molar-refractivity contribution is -0.130. The van der Waals surface area contributed by atoms with Crippen molar-refractivity contribution in [2.75, 3.05) is 56.1 Å². The van der Waals surface area contributed by atoms with Crippen molar-refractivity contribution in [1.29, 1.82) is 0 Å². The van der Waals surface area contributed by atoms with Crippen molar-refractivity contribution in [1.82, 2.24) is 14.9 Å². The molecule has 2 N–H and O–H groups in total. The first-order valence-corrected chi connectivity index (χ1v) is 16.0. The summed E-state index contributed by atoms with van der Waals surface area (Å²) in [5.74, 6) is 1.67. The SMILES string of the molecule is COc1cc(N2CCC3(CCC(=O)N3C)CC2)ccc1Nc1ncc(Cl)c(Nc2ccccc2P(C)(C)=O)n1. The number of ether oxygens (including phenoxy) is 1. The minimum atomic E-state index is -2.52. The minimum absolute atomic E-state index is 0.00252. The zero-order chi connectivity index (χ0) is 27.8. The van der Waals surface area contributed by atoms with Gasteiger partial charge in [-0.15, -0.1) is 0 Å². The number of amides is 1. The molecule has 2 fully saturated rings. The second-order valence-electron chi connectivity index (χ2n) is 10.6. The Balaban J connectivity index is 1.32. The van der Waals surface area contributed by atoms with Crippen LogP contribution < -0.4 is 25.6 Å². The average molecular weight is 569 g/mol. The van der Waals surface area contributed by atoms with E-state index >= 15 is 0 Å². The summed E-state index contributed by atoms with van der Waals surface area (Å²) in [6.45, 7) is 5.22. The van der Waals surface area contributed by atoms with Crippen molar-refractivity contribution in [2.45, 2.75) is 31.2 Å². The Kier molecular flexibility index (Phi) is 7.49. The van der Waals surface area contributed by atoms with Crippen LogP contribution in [0, 0.1) is 0 Å². The monoisotopic (exact) mass is 568 g/mol. The van der Waals surface area contributed by atoms with E-state index in [0.717, 1.165) is 49.0 Å². The molecule has 0 aliphatic carbocycles. The van der Waals surface area contributed by atoms with Crippen LogP contribution in [-0.4, -0.2) is 66.9 Å². The molecule has 11 heteroatoms. The smallest absolute Gasteiger partial charge is 0.229 e. The number of piperidine rings is 1. The second kappa shape index (κ2) is 10.7. The predicted molar refractivity (Wildman–Crippen MR) is 158 cm³/mol. The molecule has 0 unspecified atom stereocenters. The largest absolute Gasteiger partial charge is 0.494 e. The average Bonchev–Trinajstić information content (AvgIpc) is 3.19. The summed E-state index contributed by atoms with van der Waals surface area (Å²) in [5, 5.41) is 7.53. The number of rotatable bonds is 7. The molecule has 2 aromatic carbocycles. The Morgan fingerprint density at radius 1 is 1.05 bits per heavy atom. The number of nitrogens with one attached hydrogen (secondary N) is 2. The molecule has 2 aliphatic rings. The summed E-state index contributed by atoms with van der Waals surface area (Å²) in [5.41, 5.74) is 2.48. The van der Waals surface area contributed by atoms with Crippen molar-refractivity contribution >= 4 is 58.8 Å². The summed E-state index contributed by atoms with van der Waals surface area (Å²) in [7, 11) is 1.06. The van der Waals surface area contributed by atoms with E-state index in [1.165, 1.54) is 6.20 Å². The lowest BCUT2D eigenvalue weighted by atomic mass is 9.85. The molecule has 0 radical (unpaired) electrons. The molecule has 1 aromatic heterocycles. The number of nitrogens with zero attached hydrogens (tertiary/aromatic N) is 4. The van der Waals surface area contributed by atoms with Gasteiger partial charge in [-0.1, -0.05) is 23.7 Å². The number of carbonyl (C=O) groups is 1. The van der Waals surface area contributed by atoms with E-state index in [9.17, 15) is 9.36 Å². The standard InChI is InChI=1S/C28H34ClN6O3P/c1-34-25(36)11-12-28(34)13-15-35(16-14-28)19-9-10-21(23(17-19)38-2)32-27-30-18-20(29)26(33-27)31-22-7-5-6-8-24(22)39(3,4)37/h5-10,17-18H,11-16H2,1-4H3,(H2,30,31,32,33). The Labute approximate surface area is 234 Å². The highest BCUT2D eigenvalue weighted by Gasteiger charge is 2.44. The zero-order valence-corrected chi connectivity index (χ0v) is 24.4. The van der Waals surface area contributed by atoms with E-state index in [1.54, 1.807) is 20.4 Å². The van der Waals surface area contributed by atoms with Crippen LogP contribution in [0.4, 0.5) is 28.8 Å². The van der Waals surface area contributed by atoms with Crippen LogP contribution in [0.25, 0.3) is 0 Å². The second-order valence-corrected chi connectivity index (χ2v) is 14.1. The van der Waals surface area contributed by atoms with Gasteiger partial charge in [0.05, 0.1) is 24.7 Å². The summed E-state index contributed by atoms with van der Waals surface area (Å²) in [6.07, 6.45) is 5.04. The molecule has 3 aromatic rings. The molecule has 9 nitrogen and oxygen atoms in total. The number of benzene rings is 2. The number of para-hydroxylation sites is 1. The van der Waals surface area contributed by atoms with E-state index in [4.69, 9.17) is 16.3 Å². The number of hydrogen-bond donors (Lipinski definition) is 2. The number of anilines is 5. The van der Waals surface area contributed by atoms with Crippen molar-refractivity contribution in [2.24, 2.45) is 0 Å². The van der Waals surface area contributed by atoms with Crippen molar-refractivity contribution < 1.29 is 14.1 Å². The Morgan fingerprint density at radius 3 is 2.46 bits per heavy atom. The molecular formula is C28H34ClN6O3P. The highest BCUT2D eigenvalue weighted by molar-refractivity contribution is 7.70. The van der Waals surface area contributed by atoms with Gasteiger partial charge in [0.25, 0.3) is 0 Å². The quantitative estimate of drug-likeness (QED) is 0.362. The predicted octanol–water partition coefficient (Wildman–Crippen LogP) is 5.47. The van der Waals surface area contributed by atoms with Crippen LogP contribution in [0.3, 0.4) is 0 Å². The fourth-order valence-electron chi connectivity index (χ4n) is 5.50. The van der Waals surface area contributed by atoms with Gasteiger partial charge < -0.3 is 29.7 Å². The topological polar surface area (TPSA) is 99.7 Å². The molecule has 0 bridgehead atoms. The fraction of sp³-hybridized carbons (Fsp3) is 0.393. The highest BCUT2D eigenvalue weighted by atomic mass is 35.5. The van der Waals surface area contributed by atoms with Gasteiger partial charge in [-0.05, 0) is 56.9 Å². The minimum Gasteiger partial charge on any atom is -0.494 e. The van der Waals surface area contributed by atoms with Gasteiger partial charge in [-0.3, -0.25) is 4.79 Å². The van der Waals surface area contributed by atoms with Gasteiger partial charge in [0.1, 0.15) is 17.9 Å². The van der Waals surface area contributed by atoms with Crippen molar-refractivity contribution in [3.63, 3.8) is 0 Å². The van der Waals surface area contributed by atoms with Crippen LogP contribution in [0.2, 0.25) is 5.02 Å². The van der Waals surface area contributed by atoms with Crippen LogP contribution in [0.1, 0.15) is 25.7 Å². The van der Waals surface area contributed by atoms with Crippen LogP contribution >= 0.6 is 18.7 Å². The molecule has 0 atom stereocenters. The van der Waals surface area contributed by atoms with Gasteiger partial charge in [0, 0.05) is 49.2 Å². The highest BCUT2D eigenvalue weighted by Crippen LogP contribution is 2.41. The normalized spacial score (nSPS) is 17.0. The van der Waals surface area contributed by atoms with Gasteiger partial charge in [-0.25, -0.2) is 4.98 Å². The van der Waals surface area contributed by atoms with Gasteiger partial charge in [-0.2, -0.15) is 4.98 Å². The first kappa shape index (κ1) is 27.3. The number of hydrogen-bond acceptors (Lipinski definition) is 8. The molecule has 2 aliphatic heterocycles. The maximum absolute atomic E-state index is 12.8. The van der Waals surface area contributed by atoms with Crippen molar-refractivity contribution in [3.05, 3.63) is 53.7 Å². The molecular weight excluding hydrogens is 535 g/mol. The van der Waals surface area contributed by atoms with E-state index in [0.29, 0.717) is 34.6 Å². The number of halogens is 1. The molecule has 0 saturated carbocycles. The fourth-order valence-corrected chi connectivity index (χ4v) is 6.79. The van der Waals surface area contributed by atoms with Gasteiger partial charge in [0.2, 0.25) is 11.9 Å². The molecule has 206 valence electrons. The maximum Gasteiger partial charge on any atom is 0.229 e.